The predicted molar refractivity (Wildman–Crippen MR) is 87.5 cm³/mol. The van der Waals surface area contributed by atoms with Gasteiger partial charge in [-0.25, -0.2) is 10.8 Å². The number of nitrogens with zero attached hydrogens (tertiary/aromatic N) is 1. The molecule has 0 heterocycles. The molecule has 2 rings (SSSR count). The fourth-order valence-electron chi connectivity index (χ4n) is 2.03. The number of guanidine groups is 1. The maximum absolute atomic E-state index is 5.51. The van der Waals surface area contributed by atoms with E-state index in [0.29, 0.717) is 12.0 Å². The standard InChI is InChI=1S/C12H16BrIN4/c13-10-6-5-9(7-11(10)14)17-12(18-15)16-8-3-1-2-4-8/h5-8H,1-4,15H2,(H2,16,17,18). The summed E-state index contributed by atoms with van der Waals surface area (Å²) in [7, 11) is 0. The first kappa shape index (κ1) is 14.1. The summed E-state index contributed by atoms with van der Waals surface area (Å²) >= 11 is 5.76. The SMILES string of the molecule is NNC(=NC1CCCC1)Nc1ccc(Br)c(I)c1. The lowest BCUT2D eigenvalue weighted by Crippen LogP contribution is -2.37. The summed E-state index contributed by atoms with van der Waals surface area (Å²) in [6, 6.07) is 6.45. The minimum atomic E-state index is 0.401. The number of nitrogens with two attached hydrogens (primary N) is 1. The summed E-state index contributed by atoms with van der Waals surface area (Å²) in [5.74, 6) is 6.15. The molecule has 1 fully saturated rings. The van der Waals surface area contributed by atoms with Gasteiger partial charge < -0.3 is 5.32 Å². The average molecular weight is 423 g/mol. The monoisotopic (exact) mass is 422 g/mol. The molecule has 0 spiro atoms. The fraction of sp³-hybridized carbons (Fsp3) is 0.417. The largest absolute Gasteiger partial charge is 0.325 e. The highest BCUT2D eigenvalue weighted by Crippen LogP contribution is 2.23. The average Bonchev–Trinajstić information content (AvgIpc) is 2.86. The second-order valence-corrected chi connectivity index (χ2v) is 6.33. The molecular formula is C12H16BrIN4. The third kappa shape index (κ3) is 3.83. The summed E-state index contributed by atoms with van der Waals surface area (Å²) in [6.07, 6.45) is 4.85. The van der Waals surface area contributed by atoms with Crippen molar-refractivity contribution in [3.63, 3.8) is 0 Å². The zero-order valence-electron chi connectivity index (χ0n) is 9.92. The van der Waals surface area contributed by atoms with Crippen LogP contribution >= 0.6 is 38.5 Å². The van der Waals surface area contributed by atoms with Crippen molar-refractivity contribution in [1.29, 1.82) is 0 Å². The van der Waals surface area contributed by atoms with Crippen LogP contribution in [0, 0.1) is 3.57 Å². The van der Waals surface area contributed by atoms with Crippen molar-refractivity contribution >= 4 is 50.2 Å². The van der Waals surface area contributed by atoms with Gasteiger partial charge in [0.1, 0.15) is 0 Å². The Hall–Kier alpha value is -0.340. The highest BCUT2D eigenvalue weighted by Gasteiger charge is 2.14. The zero-order valence-corrected chi connectivity index (χ0v) is 13.7. The Morgan fingerprint density at radius 1 is 1.39 bits per heavy atom. The van der Waals surface area contributed by atoms with Crippen molar-refractivity contribution in [3.8, 4) is 0 Å². The fourth-order valence-corrected chi connectivity index (χ4v) is 2.79. The van der Waals surface area contributed by atoms with Crippen molar-refractivity contribution in [3.05, 3.63) is 26.2 Å². The van der Waals surface area contributed by atoms with Gasteiger partial charge in [0.2, 0.25) is 5.96 Å². The molecule has 4 N–H and O–H groups in total. The lowest BCUT2D eigenvalue weighted by atomic mass is 10.3. The minimum Gasteiger partial charge on any atom is -0.325 e. The molecule has 1 aliphatic carbocycles. The summed E-state index contributed by atoms with van der Waals surface area (Å²) in [5, 5.41) is 3.21. The second kappa shape index (κ2) is 6.72. The topological polar surface area (TPSA) is 62.4 Å². The van der Waals surface area contributed by atoms with Gasteiger partial charge in [0.15, 0.2) is 0 Å². The molecule has 1 aromatic rings. The molecule has 0 bridgehead atoms. The van der Waals surface area contributed by atoms with E-state index in [9.17, 15) is 0 Å². The van der Waals surface area contributed by atoms with E-state index in [2.05, 4.69) is 54.3 Å². The van der Waals surface area contributed by atoms with Crippen molar-refractivity contribution in [2.45, 2.75) is 31.7 Å². The van der Waals surface area contributed by atoms with E-state index in [-0.39, 0.29) is 0 Å². The molecule has 0 atom stereocenters. The van der Waals surface area contributed by atoms with Crippen molar-refractivity contribution in [2.24, 2.45) is 10.8 Å². The van der Waals surface area contributed by atoms with Crippen LogP contribution in [-0.4, -0.2) is 12.0 Å². The Kier molecular flexibility index (Phi) is 5.25. The molecule has 1 aliphatic rings. The predicted octanol–water partition coefficient (Wildman–Crippen LogP) is 3.23. The van der Waals surface area contributed by atoms with Crippen LogP contribution in [0.2, 0.25) is 0 Å². The van der Waals surface area contributed by atoms with Gasteiger partial charge in [-0.3, -0.25) is 5.43 Å². The van der Waals surface area contributed by atoms with Crippen LogP contribution < -0.4 is 16.6 Å². The number of aliphatic imine (C=N–C) groups is 1. The molecule has 4 nitrogen and oxygen atoms in total. The van der Waals surface area contributed by atoms with Crippen molar-refractivity contribution in [2.75, 3.05) is 5.32 Å². The van der Waals surface area contributed by atoms with Crippen LogP contribution in [0.15, 0.2) is 27.7 Å². The summed E-state index contributed by atoms with van der Waals surface area (Å²) in [4.78, 5) is 4.60. The maximum atomic E-state index is 5.51. The number of anilines is 1. The zero-order chi connectivity index (χ0) is 13.0. The van der Waals surface area contributed by atoms with Crippen LogP contribution in [0.4, 0.5) is 5.69 Å². The molecule has 1 aromatic carbocycles. The molecule has 98 valence electrons. The molecule has 6 heteroatoms. The number of hydrogen-bond acceptors (Lipinski definition) is 2. The lowest BCUT2D eigenvalue weighted by Gasteiger charge is -2.12. The van der Waals surface area contributed by atoms with E-state index in [0.717, 1.165) is 26.6 Å². The summed E-state index contributed by atoms with van der Waals surface area (Å²) < 4.78 is 2.23. The van der Waals surface area contributed by atoms with E-state index in [1.807, 2.05) is 18.2 Å². The first-order valence-electron chi connectivity index (χ1n) is 5.95. The van der Waals surface area contributed by atoms with Crippen LogP contribution in [0.5, 0.6) is 0 Å². The smallest absolute Gasteiger partial charge is 0.210 e. The highest BCUT2D eigenvalue weighted by molar-refractivity contribution is 14.1. The highest BCUT2D eigenvalue weighted by atomic mass is 127. The van der Waals surface area contributed by atoms with Gasteiger partial charge in [0, 0.05) is 13.7 Å². The van der Waals surface area contributed by atoms with E-state index in [1.165, 1.54) is 12.8 Å². The van der Waals surface area contributed by atoms with Crippen LogP contribution in [0.1, 0.15) is 25.7 Å². The van der Waals surface area contributed by atoms with Gasteiger partial charge in [-0.15, -0.1) is 0 Å². The summed E-state index contributed by atoms with van der Waals surface area (Å²) in [5.41, 5.74) is 3.62. The molecule has 0 amide bonds. The lowest BCUT2D eigenvalue weighted by molar-refractivity contribution is 0.700. The second-order valence-electron chi connectivity index (χ2n) is 4.31. The normalized spacial score (nSPS) is 16.9. The van der Waals surface area contributed by atoms with E-state index < -0.39 is 0 Å². The van der Waals surface area contributed by atoms with Gasteiger partial charge in [-0.05, 0) is 69.6 Å². The molecule has 18 heavy (non-hydrogen) atoms. The van der Waals surface area contributed by atoms with E-state index in [1.54, 1.807) is 0 Å². The number of benzene rings is 1. The van der Waals surface area contributed by atoms with Crippen LogP contribution in [-0.2, 0) is 0 Å². The van der Waals surface area contributed by atoms with Gasteiger partial charge >= 0.3 is 0 Å². The van der Waals surface area contributed by atoms with E-state index >= 15 is 0 Å². The number of halogens is 2. The third-order valence-corrected chi connectivity index (χ3v) is 5.28. The van der Waals surface area contributed by atoms with Gasteiger partial charge in [0.25, 0.3) is 0 Å². The summed E-state index contributed by atoms with van der Waals surface area (Å²) in [6.45, 7) is 0. The number of hydrogen-bond donors (Lipinski definition) is 3. The maximum Gasteiger partial charge on any atom is 0.210 e. The van der Waals surface area contributed by atoms with Crippen molar-refractivity contribution in [1.82, 2.24) is 5.43 Å². The number of hydrazine groups is 1. The quantitative estimate of drug-likeness (QED) is 0.225. The third-order valence-electron chi connectivity index (χ3n) is 2.96. The Morgan fingerprint density at radius 3 is 2.72 bits per heavy atom. The molecule has 0 radical (unpaired) electrons. The Morgan fingerprint density at radius 2 is 2.11 bits per heavy atom. The van der Waals surface area contributed by atoms with Gasteiger partial charge in [-0.1, -0.05) is 12.8 Å². The first-order valence-corrected chi connectivity index (χ1v) is 7.82. The number of rotatable bonds is 2. The first-order chi connectivity index (χ1) is 8.69. The van der Waals surface area contributed by atoms with Crippen molar-refractivity contribution < 1.29 is 0 Å². The van der Waals surface area contributed by atoms with Gasteiger partial charge in [0.05, 0.1) is 6.04 Å². The molecular weight excluding hydrogens is 407 g/mol. The Labute approximate surface area is 129 Å². The molecule has 0 aliphatic heterocycles. The van der Waals surface area contributed by atoms with E-state index in [4.69, 9.17) is 5.84 Å². The molecule has 0 unspecified atom stereocenters. The Bertz CT molecular complexity index is 444. The van der Waals surface area contributed by atoms with Gasteiger partial charge in [-0.2, -0.15) is 0 Å². The number of nitrogens with one attached hydrogen (secondary N) is 2. The van der Waals surface area contributed by atoms with Crippen LogP contribution in [0.3, 0.4) is 0 Å². The van der Waals surface area contributed by atoms with Crippen LogP contribution in [0.25, 0.3) is 0 Å². The molecule has 0 aromatic heterocycles. The molecule has 0 saturated heterocycles. The minimum absolute atomic E-state index is 0.401. The molecule has 1 saturated carbocycles. The Balaban J connectivity index is 2.07.